The molecule has 43 heavy (non-hydrogen) atoms. The van der Waals surface area contributed by atoms with Crippen LogP contribution in [-0.2, 0) is 23.1 Å². The van der Waals surface area contributed by atoms with Crippen molar-refractivity contribution in [2.24, 2.45) is 11.6 Å². The van der Waals surface area contributed by atoms with Crippen molar-refractivity contribution in [2.75, 3.05) is 11.3 Å². The smallest absolute Gasteiger partial charge is 0.403 e. The lowest BCUT2D eigenvalue weighted by atomic mass is 9.81. The molecule has 7 nitrogen and oxygen atoms in total. The second-order valence-corrected chi connectivity index (χ2v) is 11.5. The van der Waals surface area contributed by atoms with Crippen molar-refractivity contribution in [3.05, 3.63) is 106 Å². The van der Waals surface area contributed by atoms with Gasteiger partial charge in [0.25, 0.3) is 0 Å². The van der Waals surface area contributed by atoms with Gasteiger partial charge < -0.3 is 10.3 Å². The van der Waals surface area contributed by atoms with Gasteiger partial charge in [-0.2, -0.15) is 13.2 Å². The molecule has 0 aliphatic carbocycles. The van der Waals surface area contributed by atoms with Crippen molar-refractivity contribution in [1.29, 1.82) is 0 Å². The van der Waals surface area contributed by atoms with E-state index >= 15 is 4.39 Å². The Labute approximate surface area is 255 Å². The number of thioether (sulfide) groups is 1. The first-order chi connectivity index (χ1) is 20.2. The minimum Gasteiger partial charge on any atom is -0.403 e. The van der Waals surface area contributed by atoms with Crippen LogP contribution in [-0.4, -0.2) is 21.1 Å². The fourth-order valence-electron chi connectivity index (χ4n) is 4.85. The van der Waals surface area contributed by atoms with Crippen molar-refractivity contribution in [3.63, 3.8) is 0 Å². The van der Waals surface area contributed by atoms with Gasteiger partial charge in [-0.1, -0.05) is 43.6 Å². The summed E-state index contributed by atoms with van der Waals surface area (Å²) < 4.78 is 57.2. The highest BCUT2D eigenvalue weighted by molar-refractivity contribution is 7.98. The first kappa shape index (κ1) is 32.4. The van der Waals surface area contributed by atoms with Crippen LogP contribution in [0.25, 0.3) is 16.8 Å². The molecule has 4 rings (SSSR count). The third kappa shape index (κ3) is 6.53. The van der Waals surface area contributed by atoms with Gasteiger partial charge in [-0.25, -0.2) is 20.1 Å². The van der Waals surface area contributed by atoms with Crippen molar-refractivity contribution in [2.45, 2.75) is 43.9 Å². The molecule has 13 heteroatoms. The topological polar surface area (TPSA) is 103 Å². The summed E-state index contributed by atoms with van der Waals surface area (Å²) in [6.07, 6.45) is -0.675. The average Bonchev–Trinajstić information content (AvgIpc) is 3.36. The molecule has 1 aromatic heterocycles. The third-order valence-corrected chi connectivity index (χ3v) is 8.26. The number of halogens is 5. The SMILES string of the molecule is CSc1cc(-c2ccc(-n3cc(C(F)(F)F)nc3C)c(N(N)/C(=C\N)C(C)(C)c3ccc(Cl)cc3)c2)cc(F)c1COO. The molecule has 0 unspecified atom stereocenters. The first-order valence-corrected chi connectivity index (χ1v) is 14.5. The molecule has 0 bridgehead atoms. The molecule has 4 aromatic rings. The molecule has 0 radical (unpaired) electrons. The lowest BCUT2D eigenvalue weighted by molar-refractivity contribution is -0.253. The maximum absolute atomic E-state index is 15.1. The van der Waals surface area contributed by atoms with Gasteiger partial charge in [0.2, 0.25) is 0 Å². The number of aryl methyl sites for hydroxylation is 1. The van der Waals surface area contributed by atoms with Crippen molar-refractivity contribution in [1.82, 2.24) is 9.55 Å². The second kappa shape index (κ2) is 12.6. The Hall–Kier alpha value is -3.55. The Morgan fingerprint density at radius 1 is 1.12 bits per heavy atom. The number of aromatic nitrogens is 2. The summed E-state index contributed by atoms with van der Waals surface area (Å²) in [7, 11) is 0. The zero-order valence-electron chi connectivity index (χ0n) is 23.7. The molecular weight excluding hydrogens is 606 g/mol. The number of imidazole rings is 1. The van der Waals surface area contributed by atoms with Crippen LogP contribution in [0.1, 0.15) is 36.5 Å². The second-order valence-electron chi connectivity index (χ2n) is 10.2. The van der Waals surface area contributed by atoms with E-state index in [4.69, 9.17) is 28.4 Å². The highest BCUT2D eigenvalue weighted by Gasteiger charge is 2.35. The van der Waals surface area contributed by atoms with Gasteiger partial charge in [0.05, 0.1) is 17.1 Å². The zero-order valence-corrected chi connectivity index (χ0v) is 25.3. The number of anilines is 1. The molecule has 5 N–H and O–H groups in total. The number of hydrazine groups is 1. The van der Waals surface area contributed by atoms with E-state index in [1.165, 1.54) is 40.5 Å². The molecule has 0 aliphatic rings. The summed E-state index contributed by atoms with van der Waals surface area (Å²) in [5, 5.41) is 10.8. The lowest BCUT2D eigenvalue weighted by Crippen LogP contribution is -2.40. The summed E-state index contributed by atoms with van der Waals surface area (Å²) in [6, 6.07) is 15.0. The van der Waals surface area contributed by atoms with Gasteiger partial charge >= 0.3 is 6.18 Å². The molecule has 0 saturated carbocycles. The molecule has 228 valence electrons. The summed E-state index contributed by atoms with van der Waals surface area (Å²) in [6.45, 7) is 4.90. The maximum Gasteiger partial charge on any atom is 0.434 e. The monoisotopic (exact) mass is 635 g/mol. The fraction of sp³-hybridized carbons (Fsp3) is 0.233. The Morgan fingerprint density at radius 3 is 2.35 bits per heavy atom. The van der Waals surface area contributed by atoms with Crippen LogP contribution in [0.3, 0.4) is 0 Å². The highest BCUT2D eigenvalue weighted by Crippen LogP contribution is 2.40. The lowest BCUT2D eigenvalue weighted by Gasteiger charge is -2.36. The third-order valence-electron chi connectivity index (χ3n) is 7.21. The number of nitrogens with zero attached hydrogens (tertiary/aromatic N) is 3. The summed E-state index contributed by atoms with van der Waals surface area (Å²) in [5.74, 6) is 6.24. The van der Waals surface area contributed by atoms with E-state index in [0.29, 0.717) is 26.7 Å². The quantitative estimate of drug-likeness (QED) is 0.0566. The number of nitrogens with two attached hydrogens (primary N) is 2. The molecule has 0 saturated heterocycles. The van der Waals surface area contributed by atoms with Crippen LogP contribution in [0.5, 0.6) is 0 Å². The van der Waals surface area contributed by atoms with E-state index in [-0.39, 0.29) is 29.4 Å². The van der Waals surface area contributed by atoms with Gasteiger partial charge in [0.15, 0.2) is 5.69 Å². The van der Waals surface area contributed by atoms with E-state index in [0.717, 1.165) is 11.8 Å². The van der Waals surface area contributed by atoms with E-state index in [2.05, 4.69) is 9.87 Å². The van der Waals surface area contributed by atoms with E-state index in [1.54, 1.807) is 42.7 Å². The van der Waals surface area contributed by atoms with Crippen LogP contribution in [0.2, 0.25) is 5.02 Å². The number of rotatable bonds is 9. The Kier molecular flexibility index (Phi) is 9.48. The summed E-state index contributed by atoms with van der Waals surface area (Å²) in [4.78, 5) is 8.42. The van der Waals surface area contributed by atoms with E-state index in [1.807, 2.05) is 26.0 Å². The normalized spacial score (nSPS) is 12.6. The van der Waals surface area contributed by atoms with Crippen LogP contribution >= 0.6 is 23.4 Å². The van der Waals surface area contributed by atoms with Crippen molar-refractivity contribution >= 4 is 29.1 Å². The fourth-order valence-corrected chi connectivity index (χ4v) is 5.63. The molecule has 1 heterocycles. The molecule has 0 atom stereocenters. The van der Waals surface area contributed by atoms with Gasteiger partial charge in [-0.3, -0.25) is 10.3 Å². The maximum atomic E-state index is 15.1. The first-order valence-electron chi connectivity index (χ1n) is 12.9. The minimum atomic E-state index is -4.66. The van der Waals surface area contributed by atoms with Crippen LogP contribution in [0.15, 0.2) is 77.6 Å². The van der Waals surface area contributed by atoms with Gasteiger partial charge in [-0.15, -0.1) is 11.8 Å². The van der Waals surface area contributed by atoms with Crippen molar-refractivity contribution < 1.29 is 27.7 Å². The molecule has 0 aliphatic heterocycles. The predicted molar refractivity (Wildman–Crippen MR) is 161 cm³/mol. The largest absolute Gasteiger partial charge is 0.434 e. The predicted octanol–water partition coefficient (Wildman–Crippen LogP) is 7.83. The Bertz CT molecular complexity index is 1660. The highest BCUT2D eigenvalue weighted by atomic mass is 35.5. The van der Waals surface area contributed by atoms with Gasteiger partial charge in [0, 0.05) is 33.3 Å². The number of benzene rings is 3. The van der Waals surface area contributed by atoms with Crippen molar-refractivity contribution in [3.8, 4) is 16.8 Å². The molecular formula is C30H30ClF4N5O2S. The van der Waals surface area contributed by atoms with E-state index < -0.39 is 23.1 Å². The Morgan fingerprint density at radius 2 is 1.79 bits per heavy atom. The average molecular weight is 636 g/mol. The summed E-state index contributed by atoms with van der Waals surface area (Å²) in [5.41, 5.74) is 7.28. The number of alkyl halides is 3. The van der Waals surface area contributed by atoms with E-state index in [9.17, 15) is 13.2 Å². The molecule has 0 amide bonds. The van der Waals surface area contributed by atoms with Crippen LogP contribution in [0, 0.1) is 12.7 Å². The minimum absolute atomic E-state index is 0.0778. The van der Waals surface area contributed by atoms with Gasteiger partial charge in [0.1, 0.15) is 18.2 Å². The number of hydrogen-bond donors (Lipinski definition) is 3. The standard InChI is InChI=1S/C30H30ClF4N5O2S/c1-17-38-27(30(33,34)35)15-39(17)24-10-5-18(19-11-23(32)22(16-42-41)26(13-19)43-4)12-25(24)40(37)28(14-36)29(2,3)20-6-8-21(31)9-7-20/h5-15,41H,16,36-37H2,1-4H3/b28-14-. The van der Waals surface area contributed by atoms with Crippen LogP contribution in [0.4, 0.5) is 23.2 Å². The summed E-state index contributed by atoms with van der Waals surface area (Å²) >= 11 is 7.36. The van der Waals surface area contributed by atoms with Gasteiger partial charge in [-0.05, 0) is 66.3 Å². The van der Waals surface area contributed by atoms with Crippen LogP contribution < -0.4 is 16.6 Å². The molecule has 3 aromatic carbocycles. The number of hydrogen-bond acceptors (Lipinski definition) is 7. The zero-order chi connectivity index (χ0) is 31.7. The number of allylic oxidation sites excluding steroid dienone is 1. The Balaban J connectivity index is 1.93. The molecule has 0 fully saturated rings. The molecule has 0 spiro atoms.